The molecule has 2 heterocycles. The predicted molar refractivity (Wildman–Crippen MR) is 94.4 cm³/mol. The lowest BCUT2D eigenvalue weighted by molar-refractivity contribution is -0.150. The van der Waals surface area contributed by atoms with Crippen LogP contribution in [0.1, 0.15) is 48.0 Å². The third-order valence-electron chi connectivity index (χ3n) is 4.80. The van der Waals surface area contributed by atoms with Crippen LogP contribution in [0.2, 0.25) is 0 Å². The van der Waals surface area contributed by atoms with Gasteiger partial charge in [-0.2, -0.15) is 0 Å². The van der Waals surface area contributed by atoms with Crippen molar-refractivity contribution in [2.24, 2.45) is 5.92 Å². The lowest BCUT2D eigenvalue weighted by Crippen LogP contribution is -2.56. The van der Waals surface area contributed by atoms with Gasteiger partial charge < -0.3 is 14.5 Å². The highest BCUT2D eigenvalue weighted by Gasteiger charge is 2.44. The first-order valence-corrected chi connectivity index (χ1v) is 9.19. The number of aryl methyl sites for hydroxylation is 1. The number of aromatic nitrogens is 1. The number of nitrogens with one attached hydrogen (secondary N) is 1. The fraction of sp³-hybridized carbons (Fsp3) is 0.500. The Morgan fingerprint density at radius 1 is 1.40 bits per heavy atom. The van der Waals surface area contributed by atoms with Gasteiger partial charge in [-0.1, -0.05) is 6.92 Å². The van der Waals surface area contributed by atoms with Crippen LogP contribution in [0.4, 0.5) is 0 Å². The van der Waals surface area contributed by atoms with E-state index in [1.165, 1.54) is 18.4 Å². The van der Waals surface area contributed by atoms with Gasteiger partial charge in [-0.3, -0.25) is 4.79 Å². The van der Waals surface area contributed by atoms with Gasteiger partial charge >= 0.3 is 5.97 Å². The number of thiazole rings is 1. The van der Waals surface area contributed by atoms with E-state index in [1.54, 1.807) is 18.4 Å². The lowest BCUT2D eigenvalue weighted by atomic mass is 9.77. The number of esters is 1. The summed E-state index contributed by atoms with van der Waals surface area (Å²) < 4.78 is 10.3. The number of ether oxygens (including phenoxy) is 1. The number of carbonyl (C=O) groups excluding carboxylic acids is 2. The molecule has 1 N–H and O–H groups in total. The standard InChI is InChI=1S/C18H22N2O4S/c1-11-6-8-18(9-7-11,17(22)23-3)20-15(21)14-12(2)25-16(19-14)13-5-4-10-24-13/h4-5,10-11H,6-9H2,1-3H3,(H,20,21). The summed E-state index contributed by atoms with van der Waals surface area (Å²) in [5.74, 6) is 0.445. The maximum atomic E-state index is 12.8. The Morgan fingerprint density at radius 2 is 2.12 bits per heavy atom. The number of carbonyl (C=O) groups is 2. The second kappa shape index (κ2) is 7.00. The average molecular weight is 362 g/mol. The van der Waals surface area contributed by atoms with Crippen molar-refractivity contribution in [3.8, 4) is 10.8 Å². The fourth-order valence-corrected chi connectivity index (χ4v) is 4.10. The molecular weight excluding hydrogens is 340 g/mol. The molecule has 0 saturated heterocycles. The molecule has 1 aliphatic carbocycles. The Hall–Kier alpha value is -2.15. The van der Waals surface area contributed by atoms with Crippen LogP contribution in [0.25, 0.3) is 10.8 Å². The quantitative estimate of drug-likeness (QED) is 0.841. The van der Waals surface area contributed by atoms with Crippen LogP contribution in [-0.4, -0.2) is 29.5 Å². The molecule has 0 aromatic carbocycles. The molecule has 1 fully saturated rings. The van der Waals surface area contributed by atoms with E-state index in [4.69, 9.17) is 9.15 Å². The summed E-state index contributed by atoms with van der Waals surface area (Å²) in [7, 11) is 1.36. The van der Waals surface area contributed by atoms with E-state index < -0.39 is 5.54 Å². The van der Waals surface area contributed by atoms with Gasteiger partial charge in [0.05, 0.1) is 13.4 Å². The van der Waals surface area contributed by atoms with Crippen LogP contribution in [-0.2, 0) is 9.53 Å². The number of furan rings is 1. The number of nitrogens with zero attached hydrogens (tertiary/aromatic N) is 1. The number of hydrogen-bond donors (Lipinski definition) is 1. The van der Waals surface area contributed by atoms with Gasteiger partial charge in [-0.15, -0.1) is 11.3 Å². The van der Waals surface area contributed by atoms with E-state index in [2.05, 4.69) is 17.2 Å². The zero-order chi connectivity index (χ0) is 18.0. The third kappa shape index (κ3) is 3.46. The van der Waals surface area contributed by atoms with E-state index in [0.29, 0.717) is 35.2 Å². The second-order valence-corrected chi connectivity index (χ2v) is 7.81. The van der Waals surface area contributed by atoms with Crippen molar-refractivity contribution >= 4 is 23.2 Å². The molecule has 6 nitrogen and oxygen atoms in total. The third-order valence-corrected chi connectivity index (χ3v) is 5.79. The molecule has 3 rings (SSSR count). The molecule has 0 radical (unpaired) electrons. The molecule has 2 aromatic heterocycles. The number of rotatable bonds is 4. The Bertz CT molecular complexity index is 758. The molecule has 2 aromatic rings. The largest absolute Gasteiger partial charge is 0.467 e. The van der Waals surface area contributed by atoms with Crippen molar-refractivity contribution in [3.63, 3.8) is 0 Å². The molecule has 7 heteroatoms. The lowest BCUT2D eigenvalue weighted by Gasteiger charge is -2.37. The van der Waals surface area contributed by atoms with E-state index in [0.717, 1.165) is 17.7 Å². The number of methoxy groups -OCH3 is 1. The Morgan fingerprint density at radius 3 is 2.72 bits per heavy atom. The number of hydrogen-bond acceptors (Lipinski definition) is 6. The van der Waals surface area contributed by atoms with Crippen LogP contribution in [0, 0.1) is 12.8 Å². The van der Waals surface area contributed by atoms with Crippen molar-refractivity contribution in [3.05, 3.63) is 29.0 Å². The summed E-state index contributed by atoms with van der Waals surface area (Å²) in [5, 5.41) is 3.57. The monoisotopic (exact) mass is 362 g/mol. The highest BCUT2D eigenvalue weighted by molar-refractivity contribution is 7.15. The van der Waals surface area contributed by atoms with Gasteiger partial charge in [0.2, 0.25) is 0 Å². The minimum Gasteiger partial charge on any atom is -0.467 e. The summed E-state index contributed by atoms with van der Waals surface area (Å²) >= 11 is 1.39. The first-order valence-electron chi connectivity index (χ1n) is 8.37. The van der Waals surface area contributed by atoms with E-state index >= 15 is 0 Å². The molecule has 0 aliphatic heterocycles. The summed E-state index contributed by atoms with van der Waals surface area (Å²) in [6.07, 6.45) is 4.50. The summed E-state index contributed by atoms with van der Waals surface area (Å²) in [5.41, 5.74) is -0.627. The van der Waals surface area contributed by atoms with Crippen molar-refractivity contribution < 1.29 is 18.7 Å². The van der Waals surface area contributed by atoms with Crippen molar-refractivity contribution in [2.45, 2.75) is 45.1 Å². The van der Waals surface area contributed by atoms with Gasteiger partial charge in [-0.25, -0.2) is 9.78 Å². The van der Waals surface area contributed by atoms with Crippen LogP contribution >= 0.6 is 11.3 Å². The van der Waals surface area contributed by atoms with E-state index in [9.17, 15) is 9.59 Å². The van der Waals surface area contributed by atoms with Crippen molar-refractivity contribution in [1.29, 1.82) is 0 Å². The first kappa shape index (κ1) is 17.7. The molecule has 1 amide bonds. The fourth-order valence-electron chi connectivity index (χ4n) is 3.22. The van der Waals surface area contributed by atoms with Gasteiger partial charge in [0.25, 0.3) is 5.91 Å². The molecule has 1 aliphatic rings. The van der Waals surface area contributed by atoms with Gasteiger partial charge in [0, 0.05) is 4.88 Å². The topological polar surface area (TPSA) is 81.4 Å². The summed E-state index contributed by atoms with van der Waals surface area (Å²) in [6, 6.07) is 3.58. The molecule has 0 bridgehead atoms. The van der Waals surface area contributed by atoms with Crippen LogP contribution in [0.3, 0.4) is 0 Å². The van der Waals surface area contributed by atoms with Crippen LogP contribution in [0.15, 0.2) is 22.8 Å². The number of amides is 1. The SMILES string of the molecule is COC(=O)C1(NC(=O)c2nc(-c3ccco3)sc2C)CCC(C)CC1. The van der Waals surface area contributed by atoms with E-state index in [1.807, 2.05) is 6.92 Å². The molecule has 25 heavy (non-hydrogen) atoms. The summed E-state index contributed by atoms with van der Waals surface area (Å²) in [6.45, 7) is 4.00. The smallest absolute Gasteiger partial charge is 0.331 e. The Labute approximate surface area is 150 Å². The first-order chi connectivity index (χ1) is 11.9. The molecule has 0 spiro atoms. The molecule has 134 valence electrons. The highest BCUT2D eigenvalue weighted by atomic mass is 32.1. The summed E-state index contributed by atoms with van der Waals surface area (Å²) in [4.78, 5) is 30.4. The molecule has 1 saturated carbocycles. The Kier molecular flexibility index (Phi) is 4.94. The molecule has 0 atom stereocenters. The predicted octanol–water partition coefficient (Wildman–Crippen LogP) is 3.56. The van der Waals surface area contributed by atoms with Crippen LogP contribution in [0.5, 0.6) is 0 Å². The van der Waals surface area contributed by atoms with Gasteiger partial charge in [-0.05, 0) is 50.7 Å². The zero-order valence-corrected chi connectivity index (χ0v) is 15.4. The normalized spacial score (nSPS) is 23.2. The molecule has 0 unspecified atom stereocenters. The highest BCUT2D eigenvalue weighted by Crippen LogP contribution is 2.34. The van der Waals surface area contributed by atoms with Crippen molar-refractivity contribution in [2.75, 3.05) is 7.11 Å². The zero-order valence-electron chi connectivity index (χ0n) is 14.6. The minimum atomic E-state index is -0.959. The second-order valence-electron chi connectivity index (χ2n) is 6.61. The van der Waals surface area contributed by atoms with E-state index in [-0.39, 0.29) is 11.9 Å². The minimum absolute atomic E-state index is 0.332. The molecular formula is C18H22N2O4S. The maximum absolute atomic E-state index is 12.8. The van der Waals surface area contributed by atoms with Crippen molar-refractivity contribution in [1.82, 2.24) is 10.3 Å². The Balaban J connectivity index is 1.83. The van der Waals surface area contributed by atoms with Gasteiger partial charge in [0.1, 0.15) is 11.2 Å². The van der Waals surface area contributed by atoms with Gasteiger partial charge in [0.15, 0.2) is 10.8 Å². The average Bonchev–Trinajstić information content (AvgIpc) is 3.25. The maximum Gasteiger partial charge on any atom is 0.331 e. The van der Waals surface area contributed by atoms with Crippen LogP contribution < -0.4 is 5.32 Å².